The molecule has 0 spiro atoms. The fraction of sp³-hybridized carbons (Fsp3) is 0.0526. The number of nitrogens with zero attached hydrogens (tertiary/aromatic N) is 1. The van der Waals surface area contributed by atoms with Gasteiger partial charge in [-0.2, -0.15) is 0 Å². The molecule has 3 rings (SSSR count). The van der Waals surface area contributed by atoms with Crippen molar-refractivity contribution in [1.82, 2.24) is 4.98 Å². The highest BCUT2D eigenvalue weighted by Crippen LogP contribution is 2.19. The van der Waals surface area contributed by atoms with Crippen LogP contribution in [0.2, 0.25) is 0 Å². The lowest BCUT2D eigenvalue weighted by Gasteiger charge is -2.09. The molecule has 26 heavy (non-hydrogen) atoms. The molecule has 5 nitrogen and oxygen atoms in total. The van der Waals surface area contributed by atoms with E-state index in [2.05, 4.69) is 15.6 Å². The summed E-state index contributed by atoms with van der Waals surface area (Å²) in [5.74, 6) is -1.21. The topological polar surface area (TPSA) is 63.2 Å². The van der Waals surface area contributed by atoms with E-state index in [0.29, 0.717) is 28.5 Å². The molecule has 0 atom stereocenters. The van der Waals surface area contributed by atoms with E-state index in [0.717, 1.165) is 12.1 Å². The van der Waals surface area contributed by atoms with Crippen molar-refractivity contribution >= 4 is 23.1 Å². The number of nitrogens with one attached hydrogen (secondary N) is 2. The van der Waals surface area contributed by atoms with Gasteiger partial charge in [-0.25, -0.2) is 13.8 Å². The monoisotopic (exact) mass is 355 g/mol. The smallest absolute Gasteiger partial charge is 0.255 e. The predicted octanol–water partition coefficient (Wildman–Crippen LogP) is 4.36. The van der Waals surface area contributed by atoms with E-state index in [9.17, 15) is 13.6 Å². The fourth-order valence-electron chi connectivity index (χ4n) is 2.24. The van der Waals surface area contributed by atoms with Crippen LogP contribution in [0.15, 0.2) is 60.8 Å². The lowest BCUT2D eigenvalue weighted by atomic mass is 10.2. The van der Waals surface area contributed by atoms with Gasteiger partial charge < -0.3 is 15.4 Å². The molecule has 7 heteroatoms. The van der Waals surface area contributed by atoms with Gasteiger partial charge in [0.2, 0.25) is 0 Å². The maximum atomic E-state index is 13.3. The van der Waals surface area contributed by atoms with Crippen molar-refractivity contribution in [1.29, 1.82) is 0 Å². The summed E-state index contributed by atoms with van der Waals surface area (Å²) in [5.41, 5.74) is 1.30. The molecule has 0 aliphatic carbocycles. The largest absolute Gasteiger partial charge is 0.497 e. The van der Waals surface area contributed by atoms with Crippen LogP contribution < -0.4 is 15.4 Å². The molecule has 0 aliphatic heterocycles. The average molecular weight is 355 g/mol. The molecule has 1 amide bonds. The van der Waals surface area contributed by atoms with Gasteiger partial charge in [0.25, 0.3) is 5.91 Å². The van der Waals surface area contributed by atoms with Gasteiger partial charge in [0.15, 0.2) is 11.6 Å². The number of aromatic nitrogens is 1. The first-order valence-electron chi connectivity index (χ1n) is 7.69. The summed E-state index contributed by atoms with van der Waals surface area (Å²) >= 11 is 0. The minimum absolute atomic E-state index is 0.323. The Kier molecular flexibility index (Phi) is 5.07. The number of carbonyl (C=O) groups is 1. The highest BCUT2D eigenvalue weighted by atomic mass is 19.2. The molecule has 1 heterocycles. The van der Waals surface area contributed by atoms with Crippen LogP contribution in [0.3, 0.4) is 0 Å². The van der Waals surface area contributed by atoms with Gasteiger partial charge in [0, 0.05) is 29.2 Å². The van der Waals surface area contributed by atoms with Gasteiger partial charge in [-0.15, -0.1) is 0 Å². The highest BCUT2D eigenvalue weighted by molar-refractivity contribution is 6.04. The number of pyridine rings is 1. The molecule has 2 aromatic carbocycles. The van der Waals surface area contributed by atoms with Gasteiger partial charge in [-0.1, -0.05) is 0 Å². The Morgan fingerprint density at radius 3 is 2.38 bits per heavy atom. The third kappa shape index (κ3) is 4.13. The number of methoxy groups -OCH3 is 1. The number of amides is 1. The summed E-state index contributed by atoms with van der Waals surface area (Å²) in [4.78, 5) is 16.4. The summed E-state index contributed by atoms with van der Waals surface area (Å²) < 4.78 is 31.3. The van der Waals surface area contributed by atoms with E-state index >= 15 is 0 Å². The Bertz CT molecular complexity index is 930. The van der Waals surface area contributed by atoms with E-state index in [-0.39, 0.29) is 5.91 Å². The van der Waals surface area contributed by atoms with Gasteiger partial charge in [-0.05, 0) is 48.5 Å². The highest BCUT2D eigenvalue weighted by Gasteiger charge is 2.09. The summed E-state index contributed by atoms with van der Waals surface area (Å²) in [6, 6.07) is 13.4. The molecule has 0 saturated heterocycles. The number of ether oxygens (including phenoxy) is 1. The normalized spacial score (nSPS) is 10.3. The van der Waals surface area contributed by atoms with E-state index in [1.54, 1.807) is 37.4 Å². The second-order valence-corrected chi connectivity index (χ2v) is 5.37. The average Bonchev–Trinajstić information content (AvgIpc) is 2.65. The zero-order valence-corrected chi connectivity index (χ0v) is 13.8. The van der Waals surface area contributed by atoms with Crippen LogP contribution in [0, 0.1) is 11.6 Å². The van der Waals surface area contributed by atoms with Crippen molar-refractivity contribution in [3.05, 3.63) is 78.0 Å². The summed E-state index contributed by atoms with van der Waals surface area (Å²) in [6.45, 7) is 0. The molecule has 2 N–H and O–H groups in total. The Labute approximate surface area is 148 Å². The molecule has 132 valence electrons. The molecule has 0 saturated carbocycles. The third-order valence-electron chi connectivity index (χ3n) is 3.56. The molecule has 0 radical (unpaired) electrons. The van der Waals surface area contributed by atoms with Crippen molar-refractivity contribution < 1.29 is 18.3 Å². The first kappa shape index (κ1) is 17.3. The lowest BCUT2D eigenvalue weighted by Crippen LogP contribution is -2.12. The maximum Gasteiger partial charge on any atom is 0.255 e. The van der Waals surface area contributed by atoms with Crippen LogP contribution >= 0.6 is 0 Å². The number of carbonyl (C=O) groups excluding carboxylic acids is 1. The first-order valence-corrected chi connectivity index (χ1v) is 7.69. The van der Waals surface area contributed by atoms with Crippen LogP contribution in [0.25, 0.3) is 0 Å². The Morgan fingerprint density at radius 2 is 1.69 bits per heavy atom. The Balaban J connectivity index is 1.73. The van der Waals surface area contributed by atoms with Crippen molar-refractivity contribution in [2.45, 2.75) is 0 Å². The molecule has 0 bridgehead atoms. The van der Waals surface area contributed by atoms with Gasteiger partial charge in [-0.3, -0.25) is 4.79 Å². The summed E-state index contributed by atoms with van der Waals surface area (Å²) in [7, 11) is 1.56. The zero-order valence-electron chi connectivity index (χ0n) is 13.8. The van der Waals surface area contributed by atoms with E-state index in [1.807, 2.05) is 0 Å². The maximum absolute atomic E-state index is 13.3. The molecule has 0 fully saturated rings. The van der Waals surface area contributed by atoms with E-state index in [1.165, 1.54) is 18.3 Å². The molecule has 1 aromatic heterocycles. The number of hydrogen-bond acceptors (Lipinski definition) is 4. The van der Waals surface area contributed by atoms with Gasteiger partial charge in [0.1, 0.15) is 11.6 Å². The quantitative estimate of drug-likeness (QED) is 0.714. The van der Waals surface area contributed by atoms with Crippen LogP contribution in [0.4, 0.5) is 26.0 Å². The third-order valence-corrected chi connectivity index (χ3v) is 3.56. The molecule has 3 aromatic rings. The summed E-state index contributed by atoms with van der Waals surface area (Å²) in [6.07, 6.45) is 1.45. The number of rotatable bonds is 5. The number of hydrogen-bond donors (Lipinski definition) is 2. The summed E-state index contributed by atoms with van der Waals surface area (Å²) in [5, 5.41) is 5.59. The minimum Gasteiger partial charge on any atom is -0.497 e. The van der Waals surface area contributed by atoms with Crippen molar-refractivity contribution in [3.8, 4) is 5.75 Å². The lowest BCUT2D eigenvalue weighted by molar-refractivity contribution is 0.102. The number of benzene rings is 2. The van der Waals surface area contributed by atoms with E-state index in [4.69, 9.17) is 4.74 Å². The zero-order chi connectivity index (χ0) is 18.5. The second kappa shape index (κ2) is 7.60. The molecular weight excluding hydrogens is 340 g/mol. The number of halogens is 2. The number of anilines is 3. The SMILES string of the molecule is COc1ccc(NC(=O)c2ccnc(Nc3ccc(F)c(F)c3)c2)cc1. The van der Waals surface area contributed by atoms with Crippen molar-refractivity contribution in [2.75, 3.05) is 17.7 Å². The van der Waals surface area contributed by atoms with Crippen LogP contribution in [-0.4, -0.2) is 18.0 Å². The van der Waals surface area contributed by atoms with Crippen molar-refractivity contribution in [2.24, 2.45) is 0 Å². The second-order valence-electron chi connectivity index (χ2n) is 5.37. The standard InChI is InChI=1S/C19H15F2N3O2/c1-26-15-5-2-13(3-6-15)24-19(25)12-8-9-22-18(10-12)23-14-4-7-16(20)17(21)11-14/h2-11H,1H3,(H,22,23)(H,24,25). The van der Waals surface area contributed by atoms with Crippen LogP contribution in [0.1, 0.15) is 10.4 Å². The first-order chi connectivity index (χ1) is 12.5. The van der Waals surface area contributed by atoms with Gasteiger partial charge >= 0.3 is 0 Å². The molecule has 0 aliphatic rings. The molecule has 0 unspecified atom stereocenters. The molecular formula is C19H15F2N3O2. The van der Waals surface area contributed by atoms with Gasteiger partial charge in [0.05, 0.1) is 7.11 Å². The predicted molar refractivity (Wildman–Crippen MR) is 94.8 cm³/mol. The van der Waals surface area contributed by atoms with E-state index < -0.39 is 11.6 Å². The van der Waals surface area contributed by atoms with Crippen LogP contribution in [-0.2, 0) is 0 Å². The Morgan fingerprint density at radius 1 is 0.962 bits per heavy atom. The minimum atomic E-state index is -0.969. The van der Waals surface area contributed by atoms with Crippen molar-refractivity contribution in [3.63, 3.8) is 0 Å². The fourth-order valence-corrected chi connectivity index (χ4v) is 2.24. The van der Waals surface area contributed by atoms with Crippen LogP contribution in [0.5, 0.6) is 5.75 Å². The Hall–Kier alpha value is -3.48.